The molecule has 5 rings (SSSR count). The zero-order chi connectivity index (χ0) is 21.0. The number of aromatic amines is 1. The molecule has 0 aromatic carbocycles. The van der Waals surface area contributed by atoms with Crippen LogP contribution in [0.2, 0.25) is 5.02 Å². The van der Waals surface area contributed by atoms with E-state index in [-0.39, 0.29) is 23.1 Å². The first kappa shape index (κ1) is 19.7. The number of ether oxygens (including phenoxy) is 1. The lowest BCUT2D eigenvalue weighted by Crippen LogP contribution is -2.51. The average Bonchev–Trinajstić information content (AvgIpc) is 3.28. The average molecular weight is 428 g/mol. The highest BCUT2D eigenvalue weighted by Crippen LogP contribution is 2.42. The van der Waals surface area contributed by atoms with E-state index in [1.54, 1.807) is 6.20 Å². The Bertz CT molecular complexity index is 1090. The number of nitrogens with two attached hydrogens (primary N) is 1. The molecule has 30 heavy (non-hydrogen) atoms. The number of aryl methyl sites for hydroxylation is 1. The van der Waals surface area contributed by atoms with Crippen LogP contribution < -0.4 is 16.2 Å². The number of hydrogen-bond donors (Lipinski definition) is 2. The number of anilines is 1. The predicted octanol–water partition coefficient (Wildman–Crippen LogP) is 2.45. The van der Waals surface area contributed by atoms with Gasteiger partial charge in [-0.25, -0.2) is 4.98 Å². The van der Waals surface area contributed by atoms with Crippen LogP contribution in [0.1, 0.15) is 42.3 Å². The topological polar surface area (TPSA) is 97.1 Å². The quantitative estimate of drug-likeness (QED) is 0.764. The van der Waals surface area contributed by atoms with Gasteiger partial charge in [-0.1, -0.05) is 17.7 Å². The molecule has 0 amide bonds. The van der Waals surface area contributed by atoms with Gasteiger partial charge in [0, 0.05) is 42.7 Å². The van der Waals surface area contributed by atoms with Crippen LogP contribution in [0.25, 0.3) is 5.57 Å². The molecule has 1 spiro atoms. The Labute approximate surface area is 180 Å². The van der Waals surface area contributed by atoms with Crippen LogP contribution >= 0.6 is 11.6 Å². The molecular formula is C22H26ClN5O2. The van der Waals surface area contributed by atoms with Crippen molar-refractivity contribution in [3.05, 3.63) is 56.2 Å². The van der Waals surface area contributed by atoms with E-state index in [1.165, 1.54) is 0 Å². The van der Waals surface area contributed by atoms with E-state index in [1.807, 2.05) is 26.0 Å². The molecule has 1 aliphatic carbocycles. The van der Waals surface area contributed by atoms with Crippen LogP contribution in [-0.2, 0) is 11.2 Å². The molecule has 8 heteroatoms. The summed E-state index contributed by atoms with van der Waals surface area (Å²) in [5, 5.41) is 0.575. The van der Waals surface area contributed by atoms with Gasteiger partial charge in [0.25, 0.3) is 5.56 Å². The molecule has 0 radical (unpaired) electrons. The Morgan fingerprint density at radius 1 is 1.37 bits per heavy atom. The van der Waals surface area contributed by atoms with Gasteiger partial charge in [-0.05, 0) is 38.3 Å². The van der Waals surface area contributed by atoms with Crippen molar-refractivity contribution in [2.45, 2.75) is 45.3 Å². The second-order valence-electron chi connectivity index (χ2n) is 8.68. The highest BCUT2D eigenvalue weighted by Gasteiger charge is 2.47. The number of rotatable bonds is 2. The number of nitrogens with one attached hydrogen (secondary N) is 1. The van der Waals surface area contributed by atoms with Crippen LogP contribution in [0.15, 0.2) is 23.1 Å². The Morgan fingerprint density at radius 3 is 2.83 bits per heavy atom. The molecule has 0 unspecified atom stereocenters. The number of nitrogens with zero attached hydrogens (tertiary/aromatic N) is 3. The minimum absolute atomic E-state index is 0.0393. The zero-order valence-corrected chi connectivity index (χ0v) is 18.0. The fourth-order valence-electron chi connectivity index (χ4n) is 5.02. The molecule has 0 bridgehead atoms. The van der Waals surface area contributed by atoms with Gasteiger partial charge in [0.05, 0.1) is 34.7 Å². The summed E-state index contributed by atoms with van der Waals surface area (Å²) in [5.74, 6) is 0.640. The van der Waals surface area contributed by atoms with Crippen molar-refractivity contribution in [3.8, 4) is 0 Å². The first-order chi connectivity index (χ1) is 14.4. The summed E-state index contributed by atoms with van der Waals surface area (Å²) in [7, 11) is 0. The molecule has 2 aliphatic heterocycles. The van der Waals surface area contributed by atoms with Crippen LogP contribution in [0.4, 0.5) is 5.95 Å². The van der Waals surface area contributed by atoms with Crippen molar-refractivity contribution in [3.63, 3.8) is 0 Å². The largest absolute Gasteiger partial charge is 0.376 e. The second kappa shape index (κ2) is 7.18. The van der Waals surface area contributed by atoms with E-state index in [9.17, 15) is 4.79 Å². The maximum absolute atomic E-state index is 13.0. The summed E-state index contributed by atoms with van der Waals surface area (Å²) in [6.07, 6.45) is 6.34. The first-order valence-corrected chi connectivity index (χ1v) is 10.8. The molecule has 2 atom stereocenters. The number of allylic oxidation sites excluding steroid dienone is 1. The fraction of sp³-hybridized carbons (Fsp3) is 0.500. The normalized spacial score (nSPS) is 24.9. The van der Waals surface area contributed by atoms with E-state index in [0.29, 0.717) is 23.0 Å². The maximum atomic E-state index is 13.0. The Balaban J connectivity index is 1.40. The molecule has 2 saturated heterocycles. The first-order valence-electron chi connectivity index (χ1n) is 10.5. The predicted molar refractivity (Wildman–Crippen MR) is 117 cm³/mol. The van der Waals surface area contributed by atoms with Crippen molar-refractivity contribution in [2.75, 3.05) is 24.6 Å². The van der Waals surface area contributed by atoms with Gasteiger partial charge in [0.15, 0.2) is 0 Å². The number of fused-ring (bicyclic) bond motifs is 1. The molecular weight excluding hydrogens is 402 g/mol. The summed E-state index contributed by atoms with van der Waals surface area (Å²) in [5.41, 5.74) is 10.2. The minimum atomic E-state index is -0.126. The third-order valence-electron chi connectivity index (χ3n) is 7.01. The monoisotopic (exact) mass is 427 g/mol. The van der Waals surface area contributed by atoms with Crippen LogP contribution in [-0.4, -0.2) is 46.8 Å². The van der Waals surface area contributed by atoms with Gasteiger partial charge in [-0.2, -0.15) is 0 Å². The fourth-order valence-corrected chi connectivity index (χ4v) is 5.23. The Hall–Kier alpha value is -2.22. The summed E-state index contributed by atoms with van der Waals surface area (Å²) >= 11 is 6.46. The second-order valence-corrected chi connectivity index (χ2v) is 9.06. The maximum Gasteiger partial charge on any atom is 0.260 e. The van der Waals surface area contributed by atoms with Gasteiger partial charge < -0.3 is 15.4 Å². The van der Waals surface area contributed by atoms with Crippen molar-refractivity contribution < 1.29 is 4.74 Å². The van der Waals surface area contributed by atoms with Crippen molar-refractivity contribution in [1.29, 1.82) is 0 Å². The Morgan fingerprint density at radius 2 is 2.13 bits per heavy atom. The zero-order valence-electron chi connectivity index (χ0n) is 17.2. The van der Waals surface area contributed by atoms with E-state index < -0.39 is 0 Å². The van der Waals surface area contributed by atoms with E-state index in [0.717, 1.165) is 55.1 Å². The highest BCUT2D eigenvalue weighted by molar-refractivity contribution is 6.33. The van der Waals surface area contributed by atoms with Gasteiger partial charge in [-0.15, -0.1) is 0 Å². The van der Waals surface area contributed by atoms with Crippen molar-refractivity contribution in [2.24, 2.45) is 11.1 Å². The van der Waals surface area contributed by atoms with Gasteiger partial charge in [-0.3, -0.25) is 14.8 Å². The number of H-pyrrole nitrogens is 1. The van der Waals surface area contributed by atoms with Crippen molar-refractivity contribution >= 4 is 23.1 Å². The number of piperidine rings is 1. The molecule has 2 aromatic rings. The lowest BCUT2D eigenvalue weighted by molar-refractivity contribution is 0.0973. The molecule has 7 nitrogen and oxygen atoms in total. The smallest absolute Gasteiger partial charge is 0.260 e. The van der Waals surface area contributed by atoms with Crippen LogP contribution in [0.3, 0.4) is 0 Å². The molecule has 2 fully saturated rings. The molecule has 4 heterocycles. The van der Waals surface area contributed by atoms with Gasteiger partial charge >= 0.3 is 0 Å². The molecule has 158 valence electrons. The SMILES string of the molecule is Cc1nccc(C2=CCc3nc(N4CCC5(CC4)CO[C@@H](C)[C@H]5N)[nH]c(=O)c32)c1Cl. The molecule has 2 aromatic heterocycles. The molecule has 3 N–H and O–H groups in total. The van der Waals surface area contributed by atoms with Gasteiger partial charge in [0.2, 0.25) is 5.95 Å². The number of halogens is 1. The van der Waals surface area contributed by atoms with Gasteiger partial charge in [0.1, 0.15) is 0 Å². The van der Waals surface area contributed by atoms with Crippen LogP contribution in [0.5, 0.6) is 0 Å². The minimum Gasteiger partial charge on any atom is -0.376 e. The Kier molecular flexibility index (Phi) is 4.72. The third-order valence-corrected chi connectivity index (χ3v) is 7.49. The highest BCUT2D eigenvalue weighted by atomic mass is 35.5. The number of hydrogen-bond acceptors (Lipinski definition) is 6. The molecule has 0 saturated carbocycles. The van der Waals surface area contributed by atoms with Crippen LogP contribution in [0, 0.1) is 12.3 Å². The number of pyridine rings is 1. The summed E-state index contributed by atoms with van der Waals surface area (Å²) < 4.78 is 5.81. The van der Waals surface area contributed by atoms with E-state index >= 15 is 0 Å². The lowest BCUT2D eigenvalue weighted by atomic mass is 9.73. The van der Waals surface area contributed by atoms with Crippen molar-refractivity contribution in [1.82, 2.24) is 15.0 Å². The molecule has 3 aliphatic rings. The third kappa shape index (κ3) is 2.99. The standard InChI is InChI=1S/C22H26ClN5O2/c1-12-18(23)15(5-8-25-12)14-3-4-16-17(14)20(29)27-21(26-16)28-9-6-22(7-10-28)11-30-13(2)19(22)24/h3,5,8,13,19H,4,6-7,9-11,24H2,1-2H3,(H,26,27,29)/t13-,19+/m0/s1. The van der Waals surface area contributed by atoms with E-state index in [2.05, 4.69) is 14.9 Å². The van der Waals surface area contributed by atoms with E-state index in [4.69, 9.17) is 27.1 Å². The number of aromatic nitrogens is 3. The lowest BCUT2D eigenvalue weighted by Gasteiger charge is -2.41. The summed E-state index contributed by atoms with van der Waals surface area (Å²) in [4.78, 5) is 27.2. The summed E-state index contributed by atoms with van der Waals surface area (Å²) in [6.45, 7) is 6.24. The summed E-state index contributed by atoms with van der Waals surface area (Å²) in [6, 6.07) is 1.91.